The van der Waals surface area contributed by atoms with E-state index in [4.69, 9.17) is 0 Å². The summed E-state index contributed by atoms with van der Waals surface area (Å²) in [6.45, 7) is 5.31. The van der Waals surface area contributed by atoms with Crippen molar-refractivity contribution in [3.63, 3.8) is 0 Å². The second-order valence-corrected chi connectivity index (χ2v) is 7.62. The molecule has 1 saturated heterocycles. The van der Waals surface area contributed by atoms with E-state index < -0.39 is 0 Å². The lowest BCUT2D eigenvalue weighted by Gasteiger charge is -2.32. The summed E-state index contributed by atoms with van der Waals surface area (Å²) in [6.07, 6.45) is 2.52. The van der Waals surface area contributed by atoms with Gasteiger partial charge in [0.1, 0.15) is 0 Å². The van der Waals surface area contributed by atoms with Crippen molar-refractivity contribution in [2.75, 3.05) is 26.7 Å². The number of aliphatic imine (C=N–C) groups is 1. The molecule has 25 heavy (non-hydrogen) atoms. The fourth-order valence-electron chi connectivity index (χ4n) is 3.21. The van der Waals surface area contributed by atoms with Gasteiger partial charge in [0.05, 0.1) is 0 Å². The second kappa shape index (κ2) is 9.59. The lowest BCUT2D eigenvalue weighted by Crippen LogP contribution is -2.42. The van der Waals surface area contributed by atoms with E-state index in [1.54, 1.807) is 0 Å². The molecule has 0 atom stereocenters. The molecule has 5 heteroatoms. The van der Waals surface area contributed by atoms with E-state index in [1.165, 1.54) is 36.4 Å². The van der Waals surface area contributed by atoms with Gasteiger partial charge in [0.15, 0.2) is 5.96 Å². The molecule has 2 N–H and O–H groups in total. The predicted molar refractivity (Wildman–Crippen MR) is 107 cm³/mol. The Kier molecular flexibility index (Phi) is 6.89. The smallest absolute Gasteiger partial charge is 0.191 e. The molecule has 1 aromatic heterocycles. The van der Waals surface area contributed by atoms with E-state index in [2.05, 4.69) is 62.3 Å². The van der Waals surface area contributed by atoms with Gasteiger partial charge < -0.3 is 10.6 Å². The third-order valence-electron chi connectivity index (χ3n) is 4.75. The quantitative estimate of drug-likeness (QED) is 0.616. The number of hydrogen-bond donors (Lipinski definition) is 2. The Hall–Kier alpha value is -1.85. The molecule has 2 heterocycles. The lowest BCUT2D eigenvalue weighted by atomic mass is 9.97. The van der Waals surface area contributed by atoms with Gasteiger partial charge in [0.25, 0.3) is 0 Å². The van der Waals surface area contributed by atoms with E-state index in [-0.39, 0.29) is 0 Å². The molecule has 0 amide bonds. The minimum atomic E-state index is 0.731. The molecule has 0 unspecified atom stereocenters. The molecular formula is C20H28N4S. The van der Waals surface area contributed by atoms with Gasteiger partial charge in [-0.2, -0.15) is 0 Å². The van der Waals surface area contributed by atoms with Crippen LogP contribution in [0.1, 0.15) is 23.3 Å². The number of benzene rings is 1. The first-order valence-corrected chi connectivity index (χ1v) is 9.94. The SMILES string of the molecule is CN=C(NCc1ccccc1)NCC1CCN(Cc2cccs2)CC1. The minimum Gasteiger partial charge on any atom is -0.356 e. The Balaban J connectivity index is 1.35. The summed E-state index contributed by atoms with van der Waals surface area (Å²) < 4.78 is 0. The highest BCUT2D eigenvalue weighted by atomic mass is 32.1. The Morgan fingerprint density at radius 1 is 1.12 bits per heavy atom. The highest BCUT2D eigenvalue weighted by molar-refractivity contribution is 7.09. The zero-order valence-electron chi connectivity index (χ0n) is 14.9. The number of piperidine rings is 1. The van der Waals surface area contributed by atoms with Gasteiger partial charge in [0.2, 0.25) is 0 Å². The van der Waals surface area contributed by atoms with Crippen LogP contribution in [0.3, 0.4) is 0 Å². The summed E-state index contributed by atoms with van der Waals surface area (Å²) in [5.74, 6) is 1.62. The highest BCUT2D eigenvalue weighted by Crippen LogP contribution is 2.20. The van der Waals surface area contributed by atoms with Crippen molar-refractivity contribution in [3.05, 3.63) is 58.3 Å². The average molecular weight is 357 g/mol. The Morgan fingerprint density at radius 2 is 1.92 bits per heavy atom. The van der Waals surface area contributed by atoms with Gasteiger partial charge in [-0.1, -0.05) is 36.4 Å². The number of nitrogens with zero attached hydrogens (tertiary/aromatic N) is 2. The molecule has 134 valence electrons. The summed E-state index contributed by atoms with van der Waals surface area (Å²) in [5.41, 5.74) is 1.27. The van der Waals surface area contributed by atoms with Crippen molar-refractivity contribution in [2.24, 2.45) is 10.9 Å². The topological polar surface area (TPSA) is 39.7 Å². The van der Waals surface area contributed by atoms with Crippen LogP contribution in [0.2, 0.25) is 0 Å². The summed E-state index contributed by atoms with van der Waals surface area (Å²) in [5, 5.41) is 9.05. The molecule has 1 fully saturated rings. The molecule has 0 bridgehead atoms. The van der Waals surface area contributed by atoms with Crippen LogP contribution in [0.5, 0.6) is 0 Å². The number of hydrogen-bond acceptors (Lipinski definition) is 3. The minimum absolute atomic E-state index is 0.731. The van der Waals surface area contributed by atoms with Gasteiger partial charge >= 0.3 is 0 Å². The first-order chi connectivity index (χ1) is 12.3. The third-order valence-corrected chi connectivity index (χ3v) is 5.61. The number of rotatable bonds is 6. The van der Waals surface area contributed by atoms with Crippen LogP contribution in [0.4, 0.5) is 0 Å². The summed E-state index contributed by atoms with van der Waals surface area (Å²) in [6, 6.07) is 14.8. The number of nitrogens with one attached hydrogen (secondary N) is 2. The van der Waals surface area contributed by atoms with Crippen LogP contribution in [-0.2, 0) is 13.1 Å². The summed E-state index contributed by atoms with van der Waals surface area (Å²) >= 11 is 1.86. The van der Waals surface area contributed by atoms with Crippen LogP contribution >= 0.6 is 11.3 Å². The molecule has 1 aliphatic rings. The monoisotopic (exact) mass is 356 g/mol. The van der Waals surface area contributed by atoms with Crippen molar-refractivity contribution in [1.82, 2.24) is 15.5 Å². The standard InChI is InChI=1S/C20H28N4S/c1-21-20(22-14-17-6-3-2-4-7-17)23-15-18-9-11-24(12-10-18)16-19-8-5-13-25-19/h2-8,13,18H,9-12,14-16H2,1H3,(H2,21,22,23). The highest BCUT2D eigenvalue weighted by Gasteiger charge is 2.19. The Labute approximate surface area is 155 Å². The fraction of sp³-hybridized carbons (Fsp3) is 0.450. The zero-order valence-corrected chi connectivity index (χ0v) is 15.8. The molecule has 0 spiro atoms. The van der Waals surface area contributed by atoms with Crippen molar-refractivity contribution >= 4 is 17.3 Å². The zero-order chi connectivity index (χ0) is 17.3. The third kappa shape index (κ3) is 5.87. The second-order valence-electron chi connectivity index (χ2n) is 6.59. The van der Waals surface area contributed by atoms with Crippen LogP contribution in [0, 0.1) is 5.92 Å². The van der Waals surface area contributed by atoms with Gasteiger partial charge in [-0.3, -0.25) is 9.89 Å². The van der Waals surface area contributed by atoms with E-state index in [0.717, 1.165) is 31.5 Å². The molecule has 1 aromatic carbocycles. The molecule has 0 radical (unpaired) electrons. The molecule has 3 rings (SSSR count). The number of thiophene rings is 1. The van der Waals surface area contributed by atoms with E-state index in [9.17, 15) is 0 Å². The van der Waals surface area contributed by atoms with E-state index in [1.807, 2.05) is 24.5 Å². The summed E-state index contributed by atoms with van der Waals surface area (Å²) in [7, 11) is 1.84. The normalized spacial score (nSPS) is 16.8. The average Bonchev–Trinajstić information content (AvgIpc) is 3.17. The molecule has 4 nitrogen and oxygen atoms in total. The van der Waals surface area contributed by atoms with Crippen molar-refractivity contribution in [3.8, 4) is 0 Å². The van der Waals surface area contributed by atoms with Crippen LogP contribution < -0.4 is 10.6 Å². The first kappa shape index (κ1) is 18.0. The maximum absolute atomic E-state index is 4.34. The van der Waals surface area contributed by atoms with Crippen LogP contribution in [-0.4, -0.2) is 37.5 Å². The molecule has 0 saturated carbocycles. The van der Waals surface area contributed by atoms with Gasteiger partial charge in [-0.15, -0.1) is 11.3 Å². The van der Waals surface area contributed by atoms with Crippen LogP contribution in [0.25, 0.3) is 0 Å². The van der Waals surface area contributed by atoms with Crippen molar-refractivity contribution < 1.29 is 0 Å². The Bertz CT molecular complexity index is 631. The molecule has 0 aliphatic carbocycles. The largest absolute Gasteiger partial charge is 0.356 e. The first-order valence-electron chi connectivity index (χ1n) is 9.06. The maximum atomic E-state index is 4.34. The van der Waals surface area contributed by atoms with Crippen molar-refractivity contribution in [1.29, 1.82) is 0 Å². The van der Waals surface area contributed by atoms with Gasteiger partial charge in [0, 0.05) is 31.6 Å². The molecule has 2 aromatic rings. The van der Waals surface area contributed by atoms with E-state index in [0.29, 0.717) is 0 Å². The van der Waals surface area contributed by atoms with Gasteiger partial charge in [-0.05, 0) is 48.9 Å². The van der Waals surface area contributed by atoms with Gasteiger partial charge in [-0.25, -0.2) is 0 Å². The van der Waals surface area contributed by atoms with E-state index >= 15 is 0 Å². The maximum Gasteiger partial charge on any atom is 0.191 e. The Morgan fingerprint density at radius 3 is 2.60 bits per heavy atom. The van der Waals surface area contributed by atoms with Crippen LogP contribution in [0.15, 0.2) is 52.8 Å². The molecule has 1 aliphatic heterocycles. The molecular weight excluding hydrogens is 328 g/mol. The van der Waals surface area contributed by atoms with Crippen molar-refractivity contribution in [2.45, 2.75) is 25.9 Å². The number of likely N-dealkylation sites (tertiary alicyclic amines) is 1. The summed E-state index contributed by atoms with van der Waals surface area (Å²) in [4.78, 5) is 8.39. The number of guanidine groups is 1. The fourth-order valence-corrected chi connectivity index (χ4v) is 3.96. The lowest BCUT2D eigenvalue weighted by molar-refractivity contribution is 0.179. The predicted octanol–water partition coefficient (Wildman–Crippen LogP) is 3.33.